The van der Waals surface area contributed by atoms with Gasteiger partial charge in [-0.1, -0.05) is 19.8 Å². The fourth-order valence-corrected chi connectivity index (χ4v) is 4.02. The highest BCUT2D eigenvalue weighted by Gasteiger charge is 2.64. The number of nitrogens with zero attached hydrogens (tertiary/aromatic N) is 2. The van der Waals surface area contributed by atoms with Crippen molar-refractivity contribution in [1.29, 1.82) is 0 Å². The lowest BCUT2D eigenvalue weighted by atomic mass is 9.90. The first-order chi connectivity index (χ1) is 11.5. The van der Waals surface area contributed by atoms with Gasteiger partial charge in [-0.05, 0) is 36.3 Å². The molecule has 0 aliphatic heterocycles. The highest BCUT2D eigenvalue weighted by molar-refractivity contribution is 5.86. The van der Waals surface area contributed by atoms with E-state index in [2.05, 4.69) is 17.5 Å². The fourth-order valence-electron chi connectivity index (χ4n) is 4.02. The molecule has 2 fully saturated rings. The van der Waals surface area contributed by atoms with Crippen LogP contribution in [0.3, 0.4) is 0 Å². The third-order valence-electron chi connectivity index (χ3n) is 5.40. The smallest absolute Gasteiger partial charge is 0.311 e. The molecular weight excluding hydrogens is 310 g/mol. The predicted octanol–water partition coefficient (Wildman–Crippen LogP) is 2.88. The number of methoxy groups -OCH3 is 1. The second-order valence-corrected chi connectivity index (χ2v) is 6.76. The van der Waals surface area contributed by atoms with Gasteiger partial charge >= 0.3 is 5.69 Å². The second kappa shape index (κ2) is 6.22. The third kappa shape index (κ3) is 2.86. The van der Waals surface area contributed by atoms with Crippen LogP contribution in [0.1, 0.15) is 38.2 Å². The number of carbonyl (C=O) groups excluding carboxylic acids is 1. The monoisotopic (exact) mass is 331 g/mol. The molecule has 0 bridgehead atoms. The van der Waals surface area contributed by atoms with Gasteiger partial charge in [0, 0.05) is 17.5 Å². The summed E-state index contributed by atoms with van der Waals surface area (Å²) in [4.78, 5) is 22.8. The van der Waals surface area contributed by atoms with Crippen molar-refractivity contribution in [2.45, 2.75) is 32.6 Å². The van der Waals surface area contributed by atoms with Crippen molar-refractivity contribution in [1.82, 2.24) is 5.43 Å². The maximum Gasteiger partial charge on any atom is 0.311 e. The van der Waals surface area contributed by atoms with Gasteiger partial charge in [-0.15, -0.1) is 0 Å². The van der Waals surface area contributed by atoms with E-state index in [0.29, 0.717) is 11.5 Å². The van der Waals surface area contributed by atoms with Crippen molar-refractivity contribution in [3.63, 3.8) is 0 Å². The number of hydrogen-bond donors (Lipinski definition) is 1. The normalized spacial score (nSPS) is 28.2. The zero-order valence-electron chi connectivity index (χ0n) is 13.8. The van der Waals surface area contributed by atoms with Crippen LogP contribution in [0.25, 0.3) is 0 Å². The van der Waals surface area contributed by atoms with Crippen LogP contribution < -0.4 is 10.2 Å². The number of hydrogen-bond acceptors (Lipinski definition) is 5. The van der Waals surface area contributed by atoms with Gasteiger partial charge in [-0.25, -0.2) is 5.43 Å². The number of amides is 1. The van der Waals surface area contributed by atoms with Gasteiger partial charge in [-0.2, -0.15) is 5.10 Å². The van der Waals surface area contributed by atoms with Gasteiger partial charge in [0.25, 0.3) is 0 Å². The van der Waals surface area contributed by atoms with Crippen molar-refractivity contribution >= 4 is 17.8 Å². The molecule has 24 heavy (non-hydrogen) atoms. The summed E-state index contributed by atoms with van der Waals surface area (Å²) in [6.07, 6.45) is 6.02. The highest BCUT2D eigenvalue weighted by Crippen LogP contribution is 2.66. The predicted molar refractivity (Wildman–Crippen MR) is 88.9 cm³/mol. The molecule has 2 saturated carbocycles. The van der Waals surface area contributed by atoms with Crippen molar-refractivity contribution in [3.05, 3.63) is 33.9 Å². The number of benzene rings is 1. The second-order valence-electron chi connectivity index (χ2n) is 6.76. The Morgan fingerprint density at radius 3 is 2.92 bits per heavy atom. The quantitative estimate of drug-likeness (QED) is 0.510. The van der Waals surface area contributed by atoms with Crippen molar-refractivity contribution in [2.75, 3.05) is 7.11 Å². The van der Waals surface area contributed by atoms with Gasteiger partial charge in [0.1, 0.15) is 0 Å². The van der Waals surface area contributed by atoms with E-state index in [4.69, 9.17) is 4.74 Å². The van der Waals surface area contributed by atoms with Crippen LogP contribution in [-0.2, 0) is 4.79 Å². The molecule has 1 aromatic rings. The molecule has 0 unspecified atom stereocenters. The van der Waals surface area contributed by atoms with Crippen LogP contribution in [0.15, 0.2) is 23.3 Å². The summed E-state index contributed by atoms with van der Waals surface area (Å²) >= 11 is 0. The molecule has 0 radical (unpaired) electrons. The van der Waals surface area contributed by atoms with E-state index >= 15 is 0 Å². The minimum Gasteiger partial charge on any atom is -0.490 e. The van der Waals surface area contributed by atoms with E-state index in [-0.39, 0.29) is 28.7 Å². The average Bonchev–Trinajstić information content (AvgIpc) is 3.20. The summed E-state index contributed by atoms with van der Waals surface area (Å²) in [5, 5.41) is 15.0. The SMILES string of the molecule is COc1ccc(/C=N\NC(=O)[C@H]2[C@H]3CCCC[C@]32C)cc1[N+](=O)[O-]. The van der Waals surface area contributed by atoms with E-state index in [0.717, 1.165) is 12.8 Å². The first kappa shape index (κ1) is 16.4. The van der Waals surface area contributed by atoms with Crippen LogP contribution in [0.2, 0.25) is 0 Å². The number of nitrogens with one attached hydrogen (secondary N) is 1. The number of nitro groups is 1. The lowest BCUT2D eigenvalue weighted by molar-refractivity contribution is -0.385. The van der Waals surface area contributed by atoms with E-state index in [9.17, 15) is 14.9 Å². The van der Waals surface area contributed by atoms with E-state index < -0.39 is 4.92 Å². The van der Waals surface area contributed by atoms with Crippen LogP contribution in [0.4, 0.5) is 5.69 Å². The Morgan fingerprint density at radius 1 is 1.50 bits per heavy atom. The summed E-state index contributed by atoms with van der Waals surface area (Å²) in [5.41, 5.74) is 3.12. The largest absolute Gasteiger partial charge is 0.490 e. The van der Waals surface area contributed by atoms with Crippen molar-refractivity contribution < 1.29 is 14.5 Å². The summed E-state index contributed by atoms with van der Waals surface area (Å²) in [5.74, 6) is 0.658. The summed E-state index contributed by atoms with van der Waals surface area (Å²) in [6.45, 7) is 2.18. The fraction of sp³-hybridized carbons (Fsp3) is 0.529. The van der Waals surface area contributed by atoms with Crippen molar-refractivity contribution in [3.8, 4) is 5.75 Å². The Morgan fingerprint density at radius 2 is 2.29 bits per heavy atom. The topological polar surface area (TPSA) is 93.8 Å². The molecule has 0 aromatic heterocycles. The summed E-state index contributed by atoms with van der Waals surface area (Å²) in [6, 6.07) is 4.53. The minimum absolute atomic E-state index is 0.0438. The average molecular weight is 331 g/mol. The molecule has 1 amide bonds. The molecule has 1 aromatic carbocycles. The van der Waals surface area contributed by atoms with E-state index in [1.165, 1.54) is 38.3 Å². The summed E-state index contributed by atoms with van der Waals surface area (Å²) < 4.78 is 4.95. The number of rotatable bonds is 5. The molecule has 0 spiro atoms. The van der Waals surface area contributed by atoms with E-state index in [1.807, 2.05) is 0 Å². The van der Waals surface area contributed by atoms with Crippen LogP contribution in [0, 0.1) is 27.4 Å². The Hall–Kier alpha value is -2.44. The molecule has 0 saturated heterocycles. The number of nitro benzene ring substituents is 1. The molecule has 128 valence electrons. The third-order valence-corrected chi connectivity index (χ3v) is 5.40. The lowest BCUT2D eigenvalue weighted by Gasteiger charge is -2.15. The van der Waals surface area contributed by atoms with Gasteiger partial charge in [-0.3, -0.25) is 14.9 Å². The molecule has 2 aliphatic carbocycles. The molecule has 2 aliphatic rings. The van der Waals surface area contributed by atoms with Crippen LogP contribution in [-0.4, -0.2) is 24.2 Å². The Bertz CT molecular complexity index is 703. The standard InChI is InChI=1S/C17H21N3O4/c1-17-8-4-3-5-12(17)15(17)16(21)19-18-10-11-6-7-14(24-2)13(9-11)20(22)23/h6-7,9-10,12,15H,3-5,8H2,1-2H3,(H,19,21)/b18-10-/t12-,15-,17-/m1/s1. The zero-order chi connectivity index (χ0) is 17.3. The van der Waals surface area contributed by atoms with Gasteiger partial charge in [0.05, 0.1) is 18.2 Å². The van der Waals surface area contributed by atoms with Crippen LogP contribution in [0.5, 0.6) is 5.75 Å². The number of fused-ring (bicyclic) bond motifs is 1. The molecule has 1 N–H and O–H groups in total. The molecule has 3 atom stereocenters. The number of hydrazone groups is 1. The Kier molecular flexibility index (Phi) is 4.26. The molecule has 7 nitrogen and oxygen atoms in total. The zero-order valence-corrected chi connectivity index (χ0v) is 13.8. The number of carbonyl (C=O) groups is 1. The first-order valence-electron chi connectivity index (χ1n) is 8.12. The van der Waals surface area contributed by atoms with Gasteiger partial charge in [0.2, 0.25) is 5.91 Å². The molecule has 7 heteroatoms. The maximum absolute atomic E-state index is 12.3. The number of ether oxygens (including phenoxy) is 1. The van der Waals surface area contributed by atoms with Gasteiger partial charge in [0.15, 0.2) is 5.75 Å². The molecule has 0 heterocycles. The van der Waals surface area contributed by atoms with E-state index in [1.54, 1.807) is 6.07 Å². The van der Waals surface area contributed by atoms with Crippen molar-refractivity contribution in [2.24, 2.45) is 22.4 Å². The van der Waals surface area contributed by atoms with Gasteiger partial charge < -0.3 is 4.74 Å². The summed E-state index contributed by atoms with van der Waals surface area (Å²) in [7, 11) is 1.38. The lowest BCUT2D eigenvalue weighted by Crippen LogP contribution is -2.22. The molecule has 3 rings (SSSR count). The highest BCUT2D eigenvalue weighted by atomic mass is 16.6. The Balaban J connectivity index is 1.64. The maximum atomic E-state index is 12.3. The molecular formula is C17H21N3O4. The van der Waals surface area contributed by atoms with Crippen LogP contribution >= 0.6 is 0 Å². The first-order valence-corrected chi connectivity index (χ1v) is 8.12. The minimum atomic E-state index is -0.509. The Labute approximate surface area is 140 Å².